The van der Waals surface area contributed by atoms with Gasteiger partial charge < -0.3 is 24.8 Å². The third-order valence-electron chi connectivity index (χ3n) is 2.95. The molecular weight excluding hydrogens is 272 g/mol. The van der Waals surface area contributed by atoms with Gasteiger partial charge in [-0.15, -0.1) is 0 Å². The third kappa shape index (κ3) is 7.22. The molecule has 1 aliphatic rings. The molecule has 1 aromatic rings. The summed E-state index contributed by atoms with van der Waals surface area (Å²) in [6.07, 6.45) is 3.42. The molecule has 0 amide bonds. The molecule has 7 nitrogen and oxygen atoms in total. The van der Waals surface area contributed by atoms with E-state index in [1.165, 1.54) is 0 Å². The van der Waals surface area contributed by atoms with Gasteiger partial charge in [-0.2, -0.15) is 0 Å². The summed E-state index contributed by atoms with van der Waals surface area (Å²) in [6, 6.07) is 1.92. The molecule has 0 aliphatic carbocycles. The fourth-order valence-corrected chi connectivity index (χ4v) is 1.87. The Balaban J connectivity index is 1.78. The van der Waals surface area contributed by atoms with E-state index in [1.807, 2.05) is 6.07 Å². The Kier molecular flexibility index (Phi) is 7.83. The summed E-state index contributed by atoms with van der Waals surface area (Å²) in [6.45, 7) is 5.56. The van der Waals surface area contributed by atoms with Crippen molar-refractivity contribution < 1.29 is 14.2 Å². The van der Waals surface area contributed by atoms with Crippen LogP contribution in [0, 0.1) is 0 Å². The van der Waals surface area contributed by atoms with Crippen molar-refractivity contribution in [3.05, 3.63) is 12.4 Å². The molecule has 21 heavy (non-hydrogen) atoms. The van der Waals surface area contributed by atoms with Gasteiger partial charge in [0.25, 0.3) is 0 Å². The van der Waals surface area contributed by atoms with Crippen LogP contribution in [0.15, 0.2) is 12.4 Å². The molecule has 0 saturated carbocycles. The van der Waals surface area contributed by atoms with E-state index in [0.29, 0.717) is 39.6 Å². The maximum atomic E-state index is 5.48. The predicted molar refractivity (Wildman–Crippen MR) is 80.7 cm³/mol. The van der Waals surface area contributed by atoms with E-state index >= 15 is 0 Å². The maximum absolute atomic E-state index is 5.48. The van der Waals surface area contributed by atoms with E-state index in [9.17, 15) is 0 Å². The zero-order valence-electron chi connectivity index (χ0n) is 12.3. The highest BCUT2D eigenvalue weighted by Crippen LogP contribution is 2.08. The van der Waals surface area contributed by atoms with Crippen LogP contribution < -0.4 is 10.6 Å². The predicted octanol–water partition coefficient (Wildman–Crippen LogP) is 1.14. The molecule has 0 spiro atoms. The van der Waals surface area contributed by atoms with Crippen molar-refractivity contribution >= 4 is 11.6 Å². The molecule has 0 radical (unpaired) electrons. The van der Waals surface area contributed by atoms with Gasteiger partial charge in [-0.25, -0.2) is 9.97 Å². The second-order valence-electron chi connectivity index (χ2n) is 4.69. The lowest BCUT2D eigenvalue weighted by Crippen LogP contribution is -2.14. The average molecular weight is 296 g/mol. The highest BCUT2D eigenvalue weighted by molar-refractivity contribution is 5.46. The molecule has 7 heteroatoms. The van der Waals surface area contributed by atoms with E-state index in [2.05, 4.69) is 20.6 Å². The fraction of sp³-hybridized carbons (Fsp3) is 0.714. The number of fused-ring (bicyclic) bond motifs is 2. The number of nitrogens with zero attached hydrogens (tertiary/aromatic N) is 2. The van der Waals surface area contributed by atoms with Crippen LogP contribution in [-0.2, 0) is 14.2 Å². The average Bonchev–Trinajstić information content (AvgIpc) is 2.51. The molecule has 1 aromatic heterocycles. The van der Waals surface area contributed by atoms with Crippen LogP contribution in [0.3, 0.4) is 0 Å². The lowest BCUT2D eigenvalue weighted by atomic mass is 10.4. The summed E-state index contributed by atoms with van der Waals surface area (Å²) in [5.74, 6) is 1.65. The van der Waals surface area contributed by atoms with Crippen molar-refractivity contribution in [3.63, 3.8) is 0 Å². The van der Waals surface area contributed by atoms with Crippen molar-refractivity contribution in [1.29, 1.82) is 0 Å². The first kappa shape index (κ1) is 15.9. The second kappa shape index (κ2) is 10.3. The lowest BCUT2D eigenvalue weighted by molar-refractivity contribution is 0.0145. The Morgan fingerprint density at radius 2 is 1.19 bits per heavy atom. The largest absolute Gasteiger partial charge is 0.379 e. The highest BCUT2D eigenvalue weighted by Gasteiger charge is 1.99. The Labute approximate surface area is 125 Å². The van der Waals surface area contributed by atoms with Gasteiger partial charge in [0.2, 0.25) is 0 Å². The smallest absolute Gasteiger partial charge is 0.131 e. The summed E-state index contributed by atoms with van der Waals surface area (Å²) in [4.78, 5) is 8.38. The zero-order chi connectivity index (χ0) is 14.6. The lowest BCUT2D eigenvalue weighted by Gasteiger charge is -2.10. The molecule has 118 valence electrons. The number of ether oxygens (including phenoxy) is 3. The summed E-state index contributed by atoms with van der Waals surface area (Å²) in [5, 5.41) is 6.52. The summed E-state index contributed by atoms with van der Waals surface area (Å²) in [5.41, 5.74) is 0. The van der Waals surface area contributed by atoms with Crippen LogP contribution in [0.4, 0.5) is 11.6 Å². The van der Waals surface area contributed by atoms with Gasteiger partial charge in [0.1, 0.15) is 18.0 Å². The first-order valence-corrected chi connectivity index (χ1v) is 7.48. The molecular formula is C14H24N4O3. The maximum Gasteiger partial charge on any atom is 0.131 e. The van der Waals surface area contributed by atoms with E-state index in [4.69, 9.17) is 14.2 Å². The molecule has 0 unspecified atom stereocenters. The van der Waals surface area contributed by atoms with E-state index < -0.39 is 0 Å². The van der Waals surface area contributed by atoms with Crippen LogP contribution >= 0.6 is 0 Å². The molecule has 0 saturated heterocycles. The van der Waals surface area contributed by atoms with Crippen molar-refractivity contribution in [2.75, 3.05) is 63.4 Å². The summed E-state index contributed by atoms with van der Waals surface area (Å²) < 4.78 is 16.4. The Hall–Kier alpha value is -1.44. The topological polar surface area (TPSA) is 77.5 Å². The summed E-state index contributed by atoms with van der Waals surface area (Å²) in [7, 11) is 0. The molecule has 2 N–H and O–H groups in total. The number of hydrogen-bond acceptors (Lipinski definition) is 7. The normalized spacial score (nSPS) is 19.6. The van der Waals surface area contributed by atoms with Crippen molar-refractivity contribution in [3.8, 4) is 0 Å². The number of hydrogen-bond donors (Lipinski definition) is 2. The monoisotopic (exact) mass is 296 g/mol. The third-order valence-corrected chi connectivity index (χ3v) is 2.95. The standard InChI is InChI=1S/C14H24N4O3/c1-3-15-13-11-14(18-12-17-13)16-4-2-6-20-8-10-21-9-7-19-5-1/h11-12H,1-10H2,(H2,15,16,17,18). The SMILES string of the molecule is c1nc2cc(n1)NCCCOCCOCCOCCCN2. The number of aromatic nitrogens is 2. The van der Waals surface area contributed by atoms with Gasteiger partial charge in [-0.3, -0.25) is 0 Å². The summed E-state index contributed by atoms with van der Waals surface area (Å²) >= 11 is 0. The number of nitrogens with one attached hydrogen (secondary N) is 2. The van der Waals surface area contributed by atoms with Gasteiger partial charge in [0.05, 0.1) is 26.4 Å². The van der Waals surface area contributed by atoms with Gasteiger partial charge in [-0.1, -0.05) is 0 Å². The zero-order valence-corrected chi connectivity index (χ0v) is 12.3. The van der Waals surface area contributed by atoms with Gasteiger partial charge in [-0.05, 0) is 12.8 Å². The molecule has 2 rings (SSSR count). The van der Waals surface area contributed by atoms with Crippen LogP contribution in [0.5, 0.6) is 0 Å². The van der Waals surface area contributed by atoms with Crippen molar-refractivity contribution in [1.82, 2.24) is 9.97 Å². The molecule has 0 aromatic carbocycles. The molecule has 2 bridgehead atoms. The van der Waals surface area contributed by atoms with E-state index in [1.54, 1.807) is 6.33 Å². The fourth-order valence-electron chi connectivity index (χ4n) is 1.87. The van der Waals surface area contributed by atoms with Crippen molar-refractivity contribution in [2.45, 2.75) is 12.8 Å². The quantitative estimate of drug-likeness (QED) is 0.743. The van der Waals surface area contributed by atoms with E-state index in [-0.39, 0.29) is 0 Å². The van der Waals surface area contributed by atoms with Gasteiger partial charge >= 0.3 is 0 Å². The first-order chi connectivity index (χ1) is 10.4. The number of anilines is 2. The molecule has 0 fully saturated rings. The highest BCUT2D eigenvalue weighted by atomic mass is 16.5. The Morgan fingerprint density at radius 3 is 1.71 bits per heavy atom. The van der Waals surface area contributed by atoms with E-state index in [0.717, 1.165) is 37.6 Å². The minimum Gasteiger partial charge on any atom is -0.379 e. The first-order valence-electron chi connectivity index (χ1n) is 7.48. The van der Waals surface area contributed by atoms with Gasteiger partial charge in [0, 0.05) is 32.4 Å². The van der Waals surface area contributed by atoms with Crippen LogP contribution in [0.25, 0.3) is 0 Å². The minimum atomic E-state index is 0.619. The van der Waals surface area contributed by atoms with Crippen molar-refractivity contribution in [2.24, 2.45) is 0 Å². The minimum absolute atomic E-state index is 0.619. The molecule has 2 heterocycles. The van der Waals surface area contributed by atoms with Crippen LogP contribution in [-0.4, -0.2) is 62.7 Å². The Bertz CT molecular complexity index is 361. The van der Waals surface area contributed by atoms with Gasteiger partial charge in [0.15, 0.2) is 0 Å². The molecule has 0 atom stereocenters. The van der Waals surface area contributed by atoms with Crippen LogP contribution in [0.2, 0.25) is 0 Å². The number of rotatable bonds is 0. The Morgan fingerprint density at radius 1 is 0.714 bits per heavy atom. The van der Waals surface area contributed by atoms with Crippen LogP contribution in [0.1, 0.15) is 12.8 Å². The second-order valence-corrected chi connectivity index (χ2v) is 4.69. The molecule has 1 aliphatic heterocycles.